The van der Waals surface area contributed by atoms with Gasteiger partial charge in [-0.15, -0.1) is 11.8 Å². The molecule has 0 aliphatic carbocycles. The van der Waals surface area contributed by atoms with Crippen LogP contribution in [-0.2, 0) is 4.79 Å². The highest BCUT2D eigenvalue weighted by Crippen LogP contribution is 2.40. The van der Waals surface area contributed by atoms with E-state index in [1.165, 1.54) is 0 Å². The fraction of sp³-hybridized carbons (Fsp3) is 0.889. The Kier molecular flexibility index (Phi) is 2.92. The number of thioether (sulfide) groups is 1. The quantitative estimate of drug-likeness (QED) is 0.714. The van der Waals surface area contributed by atoms with Crippen molar-refractivity contribution in [2.24, 2.45) is 5.92 Å². The monoisotopic (exact) mass is 203 g/mol. The summed E-state index contributed by atoms with van der Waals surface area (Å²) in [5.41, 5.74) is 0. The molecule has 1 heterocycles. The highest BCUT2D eigenvalue weighted by Gasteiger charge is 2.45. The molecular weight excluding hydrogens is 186 g/mol. The van der Waals surface area contributed by atoms with Crippen molar-refractivity contribution in [1.82, 2.24) is 5.32 Å². The van der Waals surface area contributed by atoms with Crippen LogP contribution in [0.4, 0.5) is 0 Å². The van der Waals surface area contributed by atoms with Crippen LogP contribution < -0.4 is 5.32 Å². The average Bonchev–Trinajstić information content (AvgIpc) is 2.25. The first-order chi connectivity index (χ1) is 5.84. The lowest BCUT2D eigenvalue weighted by Crippen LogP contribution is -2.45. The van der Waals surface area contributed by atoms with E-state index in [0.717, 1.165) is 0 Å². The fourth-order valence-corrected chi connectivity index (χ4v) is 2.93. The van der Waals surface area contributed by atoms with Gasteiger partial charge < -0.3 is 5.11 Å². The van der Waals surface area contributed by atoms with Crippen molar-refractivity contribution < 1.29 is 9.90 Å². The Balaban J connectivity index is 2.74. The minimum atomic E-state index is -0.749. The molecule has 2 N–H and O–H groups in total. The minimum absolute atomic E-state index is 0.208. The molecule has 0 unspecified atom stereocenters. The van der Waals surface area contributed by atoms with E-state index in [0.29, 0.717) is 5.92 Å². The number of hydrogen-bond acceptors (Lipinski definition) is 3. The number of carboxylic acids is 1. The van der Waals surface area contributed by atoms with E-state index >= 15 is 0 Å². The molecule has 3 nitrogen and oxygen atoms in total. The SMILES string of the molecule is CC(C)[C@H]1N[C@H](C(=O)O)C(C)(C)S1. The normalized spacial score (nSPS) is 32.4. The van der Waals surface area contributed by atoms with Crippen molar-refractivity contribution in [1.29, 1.82) is 0 Å². The van der Waals surface area contributed by atoms with E-state index in [9.17, 15) is 4.79 Å². The van der Waals surface area contributed by atoms with Crippen LogP contribution in [0.25, 0.3) is 0 Å². The highest BCUT2D eigenvalue weighted by atomic mass is 32.2. The predicted molar refractivity (Wildman–Crippen MR) is 54.9 cm³/mol. The van der Waals surface area contributed by atoms with Gasteiger partial charge in [-0.1, -0.05) is 13.8 Å². The smallest absolute Gasteiger partial charge is 0.322 e. The van der Waals surface area contributed by atoms with Crippen molar-refractivity contribution in [2.75, 3.05) is 0 Å². The Morgan fingerprint density at radius 2 is 2.08 bits per heavy atom. The van der Waals surface area contributed by atoms with E-state index in [1.807, 2.05) is 13.8 Å². The fourth-order valence-electron chi connectivity index (χ4n) is 1.49. The molecule has 0 spiro atoms. The molecule has 4 heteroatoms. The number of aliphatic carboxylic acids is 1. The van der Waals surface area contributed by atoms with Crippen LogP contribution >= 0.6 is 11.8 Å². The van der Waals surface area contributed by atoms with Crippen LogP contribution in [0.15, 0.2) is 0 Å². The van der Waals surface area contributed by atoms with Crippen molar-refractivity contribution in [3.05, 3.63) is 0 Å². The molecule has 1 fully saturated rings. The third-order valence-corrected chi connectivity index (χ3v) is 4.09. The number of carboxylic acid groups (broad SMARTS) is 1. The summed E-state index contributed by atoms with van der Waals surface area (Å²) in [6.45, 7) is 8.16. The van der Waals surface area contributed by atoms with Gasteiger partial charge in [0.15, 0.2) is 0 Å². The van der Waals surface area contributed by atoms with Gasteiger partial charge in [-0.25, -0.2) is 0 Å². The molecule has 1 saturated heterocycles. The summed E-state index contributed by atoms with van der Waals surface area (Å²) in [6.07, 6.45) is 0. The molecule has 1 aliphatic rings. The molecule has 2 atom stereocenters. The number of carbonyl (C=O) groups is 1. The Labute approximate surface area is 83.3 Å². The molecule has 1 aliphatic heterocycles. The van der Waals surface area contributed by atoms with Crippen LogP contribution in [0, 0.1) is 5.92 Å². The Bertz CT molecular complexity index is 216. The van der Waals surface area contributed by atoms with Crippen molar-refractivity contribution in [3.8, 4) is 0 Å². The molecule has 0 bridgehead atoms. The molecule has 0 aromatic rings. The number of nitrogens with one attached hydrogen (secondary N) is 1. The largest absolute Gasteiger partial charge is 0.480 e. The van der Waals surface area contributed by atoms with Crippen LogP contribution in [-0.4, -0.2) is 27.2 Å². The van der Waals surface area contributed by atoms with Gasteiger partial charge in [-0.2, -0.15) is 0 Å². The second-order valence-electron chi connectivity index (χ2n) is 4.32. The first-order valence-electron chi connectivity index (χ1n) is 4.51. The van der Waals surface area contributed by atoms with E-state index in [1.54, 1.807) is 11.8 Å². The topological polar surface area (TPSA) is 49.3 Å². The average molecular weight is 203 g/mol. The summed E-state index contributed by atoms with van der Waals surface area (Å²) in [4.78, 5) is 10.9. The zero-order chi connectivity index (χ0) is 10.2. The van der Waals surface area contributed by atoms with Gasteiger partial charge in [0.05, 0.1) is 5.37 Å². The summed E-state index contributed by atoms with van der Waals surface area (Å²) in [5.74, 6) is -0.283. The molecule has 0 saturated carbocycles. The third kappa shape index (κ3) is 2.17. The molecule has 0 aromatic carbocycles. The van der Waals surface area contributed by atoms with E-state index in [2.05, 4.69) is 19.2 Å². The third-order valence-electron chi connectivity index (χ3n) is 2.31. The maximum absolute atomic E-state index is 10.9. The Morgan fingerprint density at radius 3 is 2.31 bits per heavy atom. The number of hydrogen-bond donors (Lipinski definition) is 2. The van der Waals surface area contributed by atoms with Gasteiger partial charge in [0.25, 0.3) is 0 Å². The molecular formula is C9H17NO2S. The maximum Gasteiger partial charge on any atom is 0.322 e. The molecule has 0 aromatic heterocycles. The molecule has 0 radical (unpaired) electrons. The van der Waals surface area contributed by atoms with Crippen molar-refractivity contribution >= 4 is 17.7 Å². The maximum atomic E-state index is 10.9. The molecule has 0 amide bonds. The Morgan fingerprint density at radius 1 is 1.54 bits per heavy atom. The van der Waals surface area contributed by atoms with Crippen LogP contribution in [0.5, 0.6) is 0 Å². The van der Waals surface area contributed by atoms with Gasteiger partial charge in [0.1, 0.15) is 6.04 Å². The van der Waals surface area contributed by atoms with Gasteiger partial charge in [0.2, 0.25) is 0 Å². The zero-order valence-corrected chi connectivity index (χ0v) is 9.31. The van der Waals surface area contributed by atoms with Crippen LogP contribution in [0.2, 0.25) is 0 Å². The van der Waals surface area contributed by atoms with Crippen LogP contribution in [0.1, 0.15) is 27.7 Å². The van der Waals surface area contributed by atoms with E-state index < -0.39 is 12.0 Å². The summed E-state index contributed by atoms with van der Waals surface area (Å²) >= 11 is 1.72. The van der Waals surface area contributed by atoms with Gasteiger partial charge >= 0.3 is 5.97 Å². The summed E-state index contributed by atoms with van der Waals surface area (Å²) in [6, 6.07) is -0.426. The van der Waals surface area contributed by atoms with Gasteiger partial charge in [0, 0.05) is 4.75 Å². The zero-order valence-electron chi connectivity index (χ0n) is 8.50. The Hall–Kier alpha value is -0.220. The van der Waals surface area contributed by atoms with E-state index in [4.69, 9.17) is 5.11 Å². The summed E-state index contributed by atoms with van der Waals surface area (Å²) in [5, 5.41) is 12.4. The second-order valence-corrected chi connectivity index (χ2v) is 6.12. The minimum Gasteiger partial charge on any atom is -0.480 e. The van der Waals surface area contributed by atoms with Gasteiger partial charge in [-0.3, -0.25) is 10.1 Å². The first kappa shape index (κ1) is 10.9. The summed E-state index contributed by atoms with van der Waals surface area (Å²) < 4.78 is -0.208. The molecule has 13 heavy (non-hydrogen) atoms. The lowest BCUT2D eigenvalue weighted by Gasteiger charge is -2.21. The molecule has 76 valence electrons. The van der Waals surface area contributed by atoms with Crippen molar-refractivity contribution in [2.45, 2.75) is 43.9 Å². The van der Waals surface area contributed by atoms with Crippen molar-refractivity contribution in [3.63, 3.8) is 0 Å². The lowest BCUT2D eigenvalue weighted by molar-refractivity contribution is -0.139. The van der Waals surface area contributed by atoms with E-state index in [-0.39, 0.29) is 10.1 Å². The van der Waals surface area contributed by atoms with Gasteiger partial charge in [-0.05, 0) is 19.8 Å². The number of rotatable bonds is 2. The first-order valence-corrected chi connectivity index (χ1v) is 5.39. The predicted octanol–water partition coefficient (Wildman–Crippen LogP) is 1.54. The second kappa shape index (κ2) is 3.50. The standard InChI is InChI=1S/C9H17NO2S/c1-5(2)7-10-6(8(11)12)9(3,4)13-7/h5-7,10H,1-4H3,(H,11,12)/t6-,7+/m1/s1. The molecule has 1 rings (SSSR count). The highest BCUT2D eigenvalue weighted by molar-refractivity contribution is 8.01. The van der Waals surface area contributed by atoms with Crippen LogP contribution in [0.3, 0.4) is 0 Å². The lowest BCUT2D eigenvalue weighted by atomic mass is 10.0. The summed E-state index contributed by atoms with van der Waals surface area (Å²) in [7, 11) is 0.